The summed E-state index contributed by atoms with van der Waals surface area (Å²) in [6.07, 6.45) is 0.935. The molecular weight excluding hydrogens is 354 g/mol. The first-order valence-corrected chi connectivity index (χ1v) is 9.75. The van der Waals surface area contributed by atoms with Crippen LogP contribution in [0.5, 0.6) is 17.2 Å². The van der Waals surface area contributed by atoms with Crippen molar-refractivity contribution in [3.8, 4) is 17.2 Å². The third-order valence-corrected chi connectivity index (χ3v) is 5.02. The highest BCUT2D eigenvalue weighted by Gasteiger charge is 2.35. The zero-order valence-electron chi connectivity index (χ0n) is 17.2. The molecule has 2 atom stereocenters. The second-order valence-corrected chi connectivity index (χ2v) is 7.75. The van der Waals surface area contributed by atoms with E-state index in [4.69, 9.17) is 14.2 Å². The minimum atomic E-state index is -0.597. The van der Waals surface area contributed by atoms with E-state index >= 15 is 0 Å². The van der Waals surface area contributed by atoms with Crippen LogP contribution in [0.2, 0.25) is 0 Å². The Kier molecular flexibility index (Phi) is 5.82. The maximum Gasteiger partial charge on any atom is 0.261 e. The van der Waals surface area contributed by atoms with Gasteiger partial charge in [0, 0.05) is 18.1 Å². The normalized spacial score (nSPS) is 18.4. The van der Waals surface area contributed by atoms with Crippen molar-refractivity contribution in [2.24, 2.45) is 0 Å². The monoisotopic (exact) mass is 383 g/mol. The SMILES string of the molecule is CCc1ccccc1OC(C)C(=O)NC1CC(C)(C)Oc2cc(OC)ccc21. The van der Waals surface area contributed by atoms with E-state index < -0.39 is 11.7 Å². The predicted octanol–water partition coefficient (Wildman–Crippen LogP) is 4.44. The number of para-hydroxylation sites is 1. The largest absolute Gasteiger partial charge is 0.497 e. The van der Waals surface area contributed by atoms with Crippen molar-refractivity contribution in [2.75, 3.05) is 7.11 Å². The first-order valence-electron chi connectivity index (χ1n) is 9.75. The number of hydrogen-bond acceptors (Lipinski definition) is 4. The van der Waals surface area contributed by atoms with Gasteiger partial charge in [-0.1, -0.05) is 25.1 Å². The van der Waals surface area contributed by atoms with Gasteiger partial charge in [0.25, 0.3) is 5.91 Å². The molecule has 5 heteroatoms. The number of aryl methyl sites for hydroxylation is 1. The number of carbonyl (C=O) groups excluding carboxylic acids is 1. The fourth-order valence-corrected chi connectivity index (χ4v) is 3.53. The molecule has 3 rings (SSSR count). The van der Waals surface area contributed by atoms with Gasteiger partial charge < -0.3 is 19.5 Å². The number of methoxy groups -OCH3 is 1. The minimum Gasteiger partial charge on any atom is -0.497 e. The summed E-state index contributed by atoms with van der Waals surface area (Å²) < 4.78 is 17.4. The quantitative estimate of drug-likeness (QED) is 0.801. The third-order valence-electron chi connectivity index (χ3n) is 5.02. The number of benzene rings is 2. The van der Waals surface area contributed by atoms with E-state index in [0.29, 0.717) is 6.42 Å². The lowest BCUT2D eigenvalue weighted by Crippen LogP contribution is -2.44. The van der Waals surface area contributed by atoms with Gasteiger partial charge in [-0.05, 0) is 51.0 Å². The van der Waals surface area contributed by atoms with Crippen molar-refractivity contribution in [2.45, 2.75) is 58.3 Å². The topological polar surface area (TPSA) is 56.8 Å². The number of nitrogens with one attached hydrogen (secondary N) is 1. The van der Waals surface area contributed by atoms with Crippen LogP contribution in [0, 0.1) is 0 Å². The molecule has 0 spiro atoms. The van der Waals surface area contributed by atoms with Crippen molar-refractivity contribution < 1.29 is 19.0 Å². The average molecular weight is 383 g/mol. The molecule has 2 unspecified atom stereocenters. The molecule has 2 aromatic carbocycles. The average Bonchev–Trinajstić information content (AvgIpc) is 2.66. The second kappa shape index (κ2) is 8.13. The van der Waals surface area contributed by atoms with Gasteiger partial charge in [-0.25, -0.2) is 0 Å². The van der Waals surface area contributed by atoms with E-state index in [9.17, 15) is 4.79 Å². The maximum absolute atomic E-state index is 12.9. The lowest BCUT2D eigenvalue weighted by molar-refractivity contribution is -0.128. The highest BCUT2D eigenvalue weighted by molar-refractivity contribution is 5.81. The third kappa shape index (κ3) is 4.41. The van der Waals surface area contributed by atoms with Crippen LogP contribution in [0.1, 0.15) is 51.3 Å². The summed E-state index contributed by atoms with van der Waals surface area (Å²) in [5, 5.41) is 3.14. The molecule has 0 bridgehead atoms. The summed E-state index contributed by atoms with van der Waals surface area (Å²) in [5.74, 6) is 2.08. The second-order valence-electron chi connectivity index (χ2n) is 7.75. The number of carbonyl (C=O) groups is 1. The molecule has 1 amide bonds. The number of amides is 1. The molecule has 150 valence electrons. The number of rotatable bonds is 6. The van der Waals surface area contributed by atoms with Crippen LogP contribution in [-0.4, -0.2) is 24.7 Å². The van der Waals surface area contributed by atoms with Crippen molar-refractivity contribution in [1.82, 2.24) is 5.32 Å². The maximum atomic E-state index is 12.9. The van der Waals surface area contributed by atoms with E-state index in [0.717, 1.165) is 34.8 Å². The molecule has 0 saturated heterocycles. The highest BCUT2D eigenvalue weighted by Crippen LogP contribution is 2.41. The zero-order chi connectivity index (χ0) is 20.3. The van der Waals surface area contributed by atoms with Gasteiger partial charge in [-0.15, -0.1) is 0 Å². The van der Waals surface area contributed by atoms with E-state index in [1.54, 1.807) is 14.0 Å². The molecule has 1 aliphatic rings. The van der Waals surface area contributed by atoms with E-state index in [1.165, 1.54) is 0 Å². The number of hydrogen-bond donors (Lipinski definition) is 1. The Morgan fingerprint density at radius 2 is 2.04 bits per heavy atom. The molecule has 5 nitrogen and oxygen atoms in total. The highest BCUT2D eigenvalue weighted by atomic mass is 16.5. The predicted molar refractivity (Wildman–Crippen MR) is 109 cm³/mol. The Morgan fingerprint density at radius 3 is 2.75 bits per heavy atom. The standard InChI is InChI=1S/C23H29NO4/c1-6-16-9-7-8-10-20(16)27-15(2)22(25)24-19-14-23(3,4)28-21-13-17(26-5)11-12-18(19)21/h7-13,15,19H,6,14H2,1-5H3,(H,24,25). The molecule has 2 aromatic rings. The fraction of sp³-hybridized carbons (Fsp3) is 0.435. The van der Waals surface area contributed by atoms with Crippen LogP contribution in [0.25, 0.3) is 0 Å². The van der Waals surface area contributed by atoms with Gasteiger partial charge in [-0.2, -0.15) is 0 Å². The van der Waals surface area contributed by atoms with Crippen LogP contribution in [0.3, 0.4) is 0 Å². The molecule has 0 saturated carbocycles. The summed E-state index contributed by atoms with van der Waals surface area (Å²) in [4.78, 5) is 12.9. The minimum absolute atomic E-state index is 0.143. The van der Waals surface area contributed by atoms with Gasteiger partial charge in [-0.3, -0.25) is 4.79 Å². The molecule has 28 heavy (non-hydrogen) atoms. The van der Waals surface area contributed by atoms with E-state index in [-0.39, 0.29) is 11.9 Å². The van der Waals surface area contributed by atoms with Crippen LogP contribution in [0.4, 0.5) is 0 Å². The van der Waals surface area contributed by atoms with Gasteiger partial charge in [0.1, 0.15) is 22.8 Å². The van der Waals surface area contributed by atoms with Crippen LogP contribution >= 0.6 is 0 Å². The van der Waals surface area contributed by atoms with Crippen LogP contribution < -0.4 is 19.5 Å². The van der Waals surface area contributed by atoms with Crippen molar-refractivity contribution in [3.63, 3.8) is 0 Å². The lowest BCUT2D eigenvalue weighted by atomic mass is 9.89. The summed E-state index contributed by atoms with van der Waals surface area (Å²) in [5.41, 5.74) is 1.65. The Balaban J connectivity index is 1.76. The molecule has 0 aliphatic carbocycles. The van der Waals surface area contributed by atoms with E-state index in [1.807, 2.05) is 56.3 Å². The molecule has 0 fully saturated rings. The Morgan fingerprint density at radius 1 is 1.29 bits per heavy atom. The van der Waals surface area contributed by atoms with E-state index in [2.05, 4.69) is 12.2 Å². The summed E-state index contributed by atoms with van der Waals surface area (Å²) in [6, 6.07) is 13.4. The summed E-state index contributed by atoms with van der Waals surface area (Å²) in [7, 11) is 1.63. The molecule has 1 heterocycles. The summed E-state index contributed by atoms with van der Waals surface area (Å²) in [6.45, 7) is 7.89. The van der Waals surface area contributed by atoms with Crippen LogP contribution in [0.15, 0.2) is 42.5 Å². The van der Waals surface area contributed by atoms with Gasteiger partial charge in [0.05, 0.1) is 13.2 Å². The molecule has 0 radical (unpaired) electrons. The lowest BCUT2D eigenvalue weighted by Gasteiger charge is -2.38. The number of fused-ring (bicyclic) bond motifs is 1. The first-order chi connectivity index (χ1) is 13.3. The Labute approximate surface area is 167 Å². The van der Waals surface area contributed by atoms with Crippen molar-refractivity contribution in [3.05, 3.63) is 53.6 Å². The van der Waals surface area contributed by atoms with Crippen molar-refractivity contribution >= 4 is 5.91 Å². The van der Waals surface area contributed by atoms with Gasteiger partial charge in [0.15, 0.2) is 6.10 Å². The fourth-order valence-electron chi connectivity index (χ4n) is 3.53. The van der Waals surface area contributed by atoms with Gasteiger partial charge in [0.2, 0.25) is 0 Å². The molecule has 0 aromatic heterocycles. The number of ether oxygens (including phenoxy) is 3. The van der Waals surface area contributed by atoms with Crippen LogP contribution in [-0.2, 0) is 11.2 Å². The smallest absolute Gasteiger partial charge is 0.261 e. The molecular formula is C23H29NO4. The zero-order valence-corrected chi connectivity index (χ0v) is 17.2. The molecule has 1 aliphatic heterocycles. The first kappa shape index (κ1) is 20.1. The summed E-state index contributed by atoms with van der Waals surface area (Å²) >= 11 is 0. The Hall–Kier alpha value is -2.69. The van der Waals surface area contributed by atoms with Gasteiger partial charge >= 0.3 is 0 Å². The molecule has 1 N–H and O–H groups in total. The van der Waals surface area contributed by atoms with Crippen molar-refractivity contribution in [1.29, 1.82) is 0 Å². The Bertz CT molecular complexity index is 846.